The van der Waals surface area contributed by atoms with Crippen LogP contribution >= 0.6 is 0 Å². The number of anilines is 2. The smallest absolute Gasteiger partial charge is 0.311 e. The summed E-state index contributed by atoms with van der Waals surface area (Å²) < 4.78 is 14.7. The van der Waals surface area contributed by atoms with E-state index in [-0.39, 0.29) is 11.3 Å². The van der Waals surface area contributed by atoms with Crippen LogP contribution in [-0.4, -0.2) is 30.9 Å². The maximum absolute atomic E-state index is 14.7. The number of nitriles is 1. The van der Waals surface area contributed by atoms with Gasteiger partial charge in [-0.1, -0.05) is 43.3 Å². The van der Waals surface area contributed by atoms with Crippen molar-refractivity contribution in [1.82, 2.24) is 5.32 Å². The van der Waals surface area contributed by atoms with Crippen LogP contribution in [0.1, 0.15) is 29.2 Å². The van der Waals surface area contributed by atoms with E-state index in [2.05, 4.69) is 21.7 Å². The number of likely N-dealkylation sites (N-methyl/N-ethyl adjacent to an activating group) is 1. The molecule has 8 heteroatoms. The van der Waals surface area contributed by atoms with Crippen molar-refractivity contribution in [2.75, 3.05) is 17.3 Å². The Morgan fingerprint density at radius 2 is 1.82 bits per heavy atom. The van der Waals surface area contributed by atoms with Gasteiger partial charge >= 0.3 is 6.03 Å². The van der Waals surface area contributed by atoms with Crippen molar-refractivity contribution in [2.24, 2.45) is 4.99 Å². The first-order valence-electron chi connectivity index (χ1n) is 10.7. The fourth-order valence-corrected chi connectivity index (χ4v) is 3.78. The SMILES string of the molecule is CCc1ccc(NC(=O)NC2N=C(c3ccccc3F)c3ccccc3N(C)C2=O)c(C#N)c1. The lowest BCUT2D eigenvalue weighted by Gasteiger charge is -2.21. The van der Waals surface area contributed by atoms with E-state index in [1.54, 1.807) is 61.6 Å². The van der Waals surface area contributed by atoms with Crippen LogP contribution in [0, 0.1) is 17.1 Å². The maximum atomic E-state index is 14.7. The summed E-state index contributed by atoms with van der Waals surface area (Å²) in [6.45, 7) is 1.97. The van der Waals surface area contributed by atoms with Gasteiger partial charge in [-0.2, -0.15) is 5.26 Å². The molecule has 0 saturated carbocycles. The van der Waals surface area contributed by atoms with Crippen LogP contribution < -0.4 is 15.5 Å². The number of carbonyl (C=O) groups is 2. The highest BCUT2D eigenvalue weighted by Crippen LogP contribution is 2.28. The fraction of sp³-hybridized carbons (Fsp3) is 0.154. The normalized spacial score (nSPS) is 15.0. The van der Waals surface area contributed by atoms with Gasteiger partial charge in [-0.15, -0.1) is 0 Å². The molecule has 1 unspecified atom stereocenters. The van der Waals surface area contributed by atoms with Gasteiger partial charge in [0.2, 0.25) is 6.17 Å². The number of nitrogens with one attached hydrogen (secondary N) is 2. The first-order valence-corrected chi connectivity index (χ1v) is 10.7. The lowest BCUT2D eigenvalue weighted by Crippen LogP contribution is -2.47. The van der Waals surface area contributed by atoms with E-state index < -0.39 is 23.9 Å². The second kappa shape index (κ2) is 9.55. The van der Waals surface area contributed by atoms with E-state index in [1.165, 1.54) is 11.0 Å². The zero-order valence-corrected chi connectivity index (χ0v) is 18.7. The van der Waals surface area contributed by atoms with Crippen molar-refractivity contribution >= 4 is 29.0 Å². The standard InChI is InChI=1S/C26H22FN5O2/c1-3-16-12-13-21(17(14-16)15-28)29-26(34)31-24-25(33)32(2)22-11-7-5-9-19(22)23(30-24)18-8-4-6-10-20(18)27/h4-14,24H,3H2,1-2H3,(H2,29,31,34). The topological polar surface area (TPSA) is 97.6 Å². The summed E-state index contributed by atoms with van der Waals surface area (Å²) in [6.07, 6.45) is -0.564. The lowest BCUT2D eigenvalue weighted by molar-refractivity contribution is -0.119. The predicted molar refractivity (Wildman–Crippen MR) is 128 cm³/mol. The van der Waals surface area contributed by atoms with Crippen molar-refractivity contribution in [3.63, 3.8) is 0 Å². The van der Waals surface area contributed by atoms with Gasteiger partial charge in [0.05, 0.1) is 22.6 Å². The van der Waals surface area contributed by atoms with E-state index in [0.717, 1.165) is 12.0 Å². The Morgan fingerprint density at radius 3 is 2.53 bits per heavy atom. The molecule has 3 aromatic rings. The van der Waals surface area contributed by atoms with Gasteiger partial charge in [0.1, 0.15) is 11.9 Å². The first-order chi connectivity index (χ1) is 16.4. The van der Waals surface area contributed by atoms with Gasteiger partial charge < -0.3 is 15.5 Å². The molecule has 1 aliphatic rings. The number of hydrogen-bond donors (Lipinski definition) is 2. The number of urea groups is 1. The van der Waals surface area contributed by atoms with Crippen molar-refractivity contribution in [2.45, 2.75) is 19.5 Å². The molecule has 3 aromatic carbocycles. The van der Waals surface area contributed by atoms with E-state index in [1.807, 2.05) is 13.0 Å². The molecule has 2 N–H and O–H groups in total. The number of para-hydroxylation sites is 1. The molecule has 170 valence electrons. The molecular weight excluding hydrogens is 433 g/mol. The molecule has 1 heterocycles. The quantitative estimate of drug-likeness (QED) is 0.616. The minimum absolute atomic E-state index is 0.215. The average molecular weight is 455 g/mol. The third-order valence-electron chi connectivity index (χ3n) is 5.60. The highest BCUT2D eigenvalue weighted by atomic mass is 19.1. The van der Waals surface area contributed by atoms with Gasteiger partial charge in [0.15, 0.2) is 0 Å². The zero-order valence-electron chi connectivity index (χ0n) is 18.7. The monoisotopic (exact) mass is 455 g/mol. The number of aryl methyl sites for hydroxylation is 1. The van der Waals surface area contributed by atoms with Crippen LogP contribution in [-0.2, 0) is 11.2 Å². The van der Waals surface area contributed by atoms with Gasteiger partial charge in [-0.05, 0) is 42.3 Å². The Morgan fingerprint density at radius 1 is 1.12 bits per heavy atom. The Labute approximate surface area is 196 Å². The minimum atomic E-state index is -1.31. The van der Waals surface area contributed by atoms with Crippen LogP contribution in [0.4, 0.5) is 20.6 Å². The molecule has 0 fully saturated rings. The number of nitrogens with zero attached hydrogens (tertiary/aromatic N) is 3. The lowest BCUT2D eigenvalue weighted by atomic mass is 10.00. The molecule has 0 radical (unpaired) electrons. The van der Waals surface area contributed by atoms with Crippen LogP contribution in [0.5, 0.6) is 0 Å². The molecule has 0 aliphatic carbocycles. The van der Waals surface area contributed by atoms with E-state index in [0.29, 0.717) is 22.5 Å². The van der Waals surface area contributed by atoms with Crippen molar-refractivity contribution in [3.8, 4) is 6.07 Å². The van der Waals surface area contributed by atoms with Gasteiger partial charge in [0.25, 0.3) is 5.91 Å². The van der Waals surface area contributed by atoms with Crippen LogP contribution in [0.25, 0.3) is 0 Å². The molecule has 7 nitrogen and oxygen atoms in total. The summed E-state index contributed by atoms with van der Waals surface area (Å²) >= 11 is 0. The molecule has 4 rings (SSSR count). The summed E-state index contributed by atoms with van der Waals surface area (Å²) in [5.41, 5.74) is 3.15. The fourth-order valence-electron chi connectivity index (χ4n) is 3.78. The zero-order chi connectivity index (χ0) is 24.2. The van der Waals surface area contributed by atoms with Crippen LogP contribution in [0.2, 0.25) is 0 Å². The number of benzodiazepines with no additional fused rings is 1. The van der Waals surface area contributed by atoms with Crippen molar-refractivity contribution in [3.05, 3.63) is 94.8 Å². The highest BCUT2D eigenvalue weighted by molar-refractivity contribution is 6.20. The first kappa shape index (κ1) is 22.7. The Bertz CT molecular complexity index is 1350. The Balaban J connectivity index is 1.70. The van der Waals surface area contributed by atoms with E-state index in [9.17, 15) is 19.2 Å². The highest BCUT2D eigenvalue weighted by Gasteiger charge is 2.31. The van der Waals surface area contributed by atoms with E-state index in [4.69, 9.17) is 0 Å². The second-order valence-corrected chi connectivity index (χ2v) is 7.72. The molecule has 0 spiro atoms. The van der Waals surface area contributed by atoms with Gasteiger partial charge in [0, 0.05) is 18.2 Å². The molecule has 1 atom stereocenters. The van der Waals surface area contributed by atoms with Gasteiger partial charge in [-0.3, -0.25) is 4.79 Å². The number of aliphatic imine (C=N–C) groups is 1. The number of rotatable bonds is 4. The predicted octanol–water partition coefficient (Wildman–Crippen LogP) is 4.22. The van der Waals surface area contributed by atoms with Crippen molar-refractivity contribution < 1.29 is 14.0 Å². The average Bonchev–Trinajstić information content (AvgIpc) is 2.95. The minimum Gasteiger partial charge on any atom is -0.311 e. The summed E-state index contributed by atoms with van der Waals surface area (Å²) in [7, 11) is 1.57. The van der Waals surface area contributed by atoms with Gasteiger partial charge in [-0.25, -0.2) is 14.2 Å². The number of benzene rings is 3. The van der Waals surface area contributed by atoms with Crippen LogP contribution in [0.3, 0.4) is 0 Å². The molecule has 34 heavy (non-hydrogen) atoms. The number of amides is 3. The number of carbonyl (C=O) groups excluding carboxylic acids is 2. The molecule has 3 amide bonds. The molecule has 1 aliphatic heterocycles. The summed E-state index contributed by atoms with van der Waals surface area (Å²) in [6, 6.07) is 19.7. The maximum Gasteiger partial charge on any atom is 0.321 e. The third kappa shape index (κ3) is 4.36. The Kier molecular flexibility index (Phi) is 6.37. The molecular formula is C26H22FN5O2. The summed E-state index contributed by atoms with van der Waals surface area (Å²) in [4.78, 5) is 31.9. The molecule has 0 saturated heterocycles. The second-order valence-electron chi connectivity index (χ2n) is 7.72. The van der Waals surface area contributed by atoms with Crippen molar-refractivity contribution in [1.29, 1.82) is 5.26 Å². The number of fused-ring (bicyclic) bond motifs is 1. The molecule has 0 aromatic heterocycles. The number of halogens is 1. The largest absolute Gasteiger partial charge is 0.321 e. The van der Waals surface area contributed by atoms with Crippen LogP contribution in [0.15, 0.2) is 71.7 Å². The molecule has 0 bridgehead atoms. The number of hydrogen-bond acceptors (Lipinski definition) is 4. The Hall–Kier alpha value is -4.51. The summed E-state index contributed by atoms with van der Waals surface area (Å²) in [5, 5.41) is 14.6. The van der Waals surface area contributed by atoms with E-state index >= 15 is 0 Å². The summed E-state index contributed by atoms with van der Waals surface area (Å²) in [5.74, 6) is -0.985. The third-order valence-corrected chi connectivity index (χ3v) is 5.60.